The molecule has 20 atom stereocenters. The molecule has 0 aromatic heterocycles. The quantitative estimate of drug-likeness (QED) is 0.0695. The van der Waals surface area contributed by atoms with Gasteiger partial charge in [-0.3, -0.25) is 52.7 Å². The highest BCUT2D eigenvalue weighted by Crippen LogP contribution is 2.59. The van der Waals surface area contributed by atoms with Crippen molar-refractivity contribution in [1.82, 2.24) is 0 Å². The monoisotopic (exact) mass is 1570 g/mol. The van der Waals surface area contributed by atoms with Crippen molar-refractivity contribution < 1.29 is 157 Å². The molecule has 0 N–H and O–H groups in total. The van der Waals surface area contributed by atoms with Crippen LogP contribution in [0.4, 0.5) is 0 Å². The van der Waals surface area contributed by atoms with Gasteiger partial charge in [0.05, 0.1) is 82.9 Å². The summed E-state index contributed by atoms with van der Waals surface area (Å²) in [6.07, 6.45) is 3.70. The molecule has 33 heteroatoms. The van der Waals surface area contributed by atoms with E-state index in [0.717, 1.165) is 12.8 Å². The lowest BCUT2D eigenvalue weighted by atomic mass is 9.78. The minimum atomic E-state index is -0.876. The highest BCUT2D eigenvalue weighted by Gasteiger charge is 2.71. The largest absolute Gasteiger partial charge is 0.469 e. The average molecular weight is 1580 g/mol. The Labute approximate surface area is 644 Å². The van der Waals surface area contributed by atoms with Crippen LogP contribution in [0.15, 0.2) is 0 Å². The second kappa shape index (κ2) is 35.7. The SMILES string of the molecule is CCC(C)(C)C(=O)OCC(=O)OC1(C)CCOC(=O)C1.CCC(C)(C)C(=O)OCC(=O)OC1C2CC3C(=O)OC1C3C2.CCC(C)(C)C(=O)OCC(=O)OC1C2CC3C(=O)OC1C3O2.CCC(C)(C)C(=O)OCC(=O)OC1C2CC3C1OC(=O)C3C2C(=O)OC.CCC(C)(C)C(=O)OCC(=O)OC1CCC2CC1OC2=O. The Morgan fingerprint density at radius 2 is 0.874 bits per heavy atom. The summed E-state index contributed by atoms with van der Waals surface area (Å²) in [7, 11) is 1.27. The minimum absolute atomic E-state index is 0.00636. The van der Waals surface area contributed by atoms with Crippen molar-refractivity contribution in [1.29, 1.82) is 0 Å². The fourth-order valence-electron chi connectivity index (χ4n) is 15.2. The summed E-state index contributed by atoms with van der Waals surface area (Å²) in [5, 5.41) is 0. The van der Waals surface area contributed by atoms with Gasteiger partial charge in [0.15, 0.2) is 45.2 Å². The zero-order valence-electron chi connectivity index (χ0n) is 66.6. The first-order chi connectivity index (χ1) is 51.9. The van der Waals surface area contributed by atoms with E-state index >= 15 is 0 Å². The smallest absolute Gasteiger partial charge is 0.344 e. The number of carbonyl (C=O) groups is 16. The summed E-state index contributed by atoms with van der Waals surface area (Å²) in [6.45, 7) is 26.6. The Balaban J connectivity index is 0.000000175. The molecule has 0 spiro atoms. The number of ether oxygens (including phenoxy) is 17. The van der Waals surface area contributed by atoms with Crippen LogP contribution in [0.5, 0.6) is 0 Å². The van der Waals surface area contributed by atoms with Gasteiger partial charge >= 0.3 is 95.5 Å². The maximum absolute atomic E-state index is 12.1. The summed E-state index contributed by atoms with van der Waals surface area (Å²) < 4.78 is 87.9. The predicted molar refractivity (Wildman–Crippen MR) is 373 cm³/mol. The normalized spacial score (nSPS) is 31.5. The Hall–Kier alpha value is -8.52. The molecular weight excluding hydrogens is 1460 g/mol. The maximum atomic E-state index is 12.1. The molecule has 5 saturated carbocycles. The van der Waals surface area contributed by atoms with Gasteiger partial charge in [-0.15, -0.1) is 0 Å². The van der Waals surface area contributed by atoms with E-state index in [1.54, 1.807) is 76.2 Å². The Bertz CT molecular complexity index is 3460. The van der Waals surface area contributed by atoms with E-state index in [9.17, 15) is 76.7 Å². The van der Waals surface area contributed by atoms with E-state index in [1.807, 2.05) is 34.6 Å². The van der Waals surface area contributed by atoms with Crippen molar-refractivity contribution in [3.8, 4) is 0 Å². The van der Waals surface area contributed by atoms with Crippen LogP contribution in [0, 0.1) is 80.3 Å². The van der Waals surface area contributed by atoms with Gasteiger partial charge in [0.2, 0.25) is 0 Å². The van der Waals surface area contributed by atoms with Crippen LogP contribution in [-0.2, 0) is 157 Å². The fraction of sp³-hybridized carbons (Fsp3) is 0.795. The van der Waals surface area contributed by atoms with E-state index in [1.165, 1.54) is 7.11 Å². The van der Waals surface area contributed by atoms with Gasteiger partial charge in [0, 0.05) is 36.5 Å². The van der Waals surface area contributed by atoms with Crippen LogP contribution < -0.4 is 0 Å². The van der Waals surface area contributed by atoms with Crippen molar-refractivity contribution >= 4 is 95.5 Å². The molecule has 20 unspecified atom stereocenters. The molecule has 0 aromatic carbocycles. The van der Waals surface area contributed by atoms with Crippen LogP contribution in [0.2, 0.25) is 0 Å². The first-order valence-corrected chi connectivity index (χ1v) is 38.5. The van der Waals surface area contributed by atoms with Gasteiger partial charge in [-0.05, 0) is 147 Å². The maximum Gasteiger partial charge on any atom is 0.344 e. The lowest BCUT2D eigenvalue weighted by Gasteiger charge is -2.32. The molecule has 7 aliphatic heterocycles. The first kappa shape index (κ1) is 88.1. The number of cyclic esters (lactones) is 1. The molecule has 0 amide bonds. The number of esters is 16. The summed E-state index contributed by atoms with van der Waals surface area (Å²) in [4.78, 5) is 188. The fourth-order valence-corrected chi connectivity index (χ4v) is 15.2. The zero-order valence-corrected chi connectivity index (χ0v) is 66.6. The number of hydrogen-bond donors (Lipinski definition) is 0. The third-order valence-electron chi connectivity index (χ3n) is 24.2. The van der Waals surface area contributed by atoms with Crippen molar-refractivity contribution in [2.24, 2.45) is 80.3 Å². The second-order valence-corrected chi connectivity index (χ2v) is 33.8. The van der Waals surface area contributed by atoms with Gasteiger partial charge in [-0.2, -0.15) is 0 Å². The molecule has 12 fully saturated rings. The van der Waals surface area contributed by atoms with Gasteiger partial charge < -0.3 is 80.5 Å². The molecular formula is C78H110O33. The van der Waals surface area contributed by atoms with Crippen molar-refractivity contribution in [3.05, 3.63) is 0 Å². The third kappa shape index (κ3) is 20.5. The molecule has 111 heavy (non-hydrogen) atoms. The highest BCUT2D eigenvalue weighted by molar-refractivity contribution is 5.87. The van der Waals surface area contributed by atoms with Gasteiger partial charge in [0.25, 0.3) is 0 Å². The van der Waals surface area contributed by atoms with E-state index in [-0.39, 0.29) is 109 Å². The topological polar surface area (TPSA) is 430 Å². The number of methoxy groups -OCH3 is 1. The van der Waals surface area contributed by atoms with Crippen LogP contribution in [0.25, 0.3) is 0 Å². The third-order valence-corrected chi connectivity index (χ3v) is 24.2. The zero-order chi connectivity index (χ0) is 82.4. The molecule has 620 valence electrons. The average Bonchev–Trinajstić information content (AvgIpc) is 1.55. The molecule has 33 nitrogen and oxygen atoms in total. The number of fused-ring (bicyclic) bond motifs is 5. The van der Waals surface area contributed by atoms with Crippen LogP contribution in [0.3, 0.4) is 0 Å². The summed E-state index contributed by atoms with van der Waals surface area (Å²) in [5.41, 5.74) is -4.04. The number of carbonyl (C=O) groups excluding carboxylic acids is 16. The standard InChI is InChI=1S/C18H24O8.C16H22O6.C15H20O7.C15H22O6.C14H22O6/c1-5-18(2,3)17(22)24-7-10(19)25-13-8-6-9-12(11(8)15(20)23-4)16(21)26-14(9)13;1-4-16(2,3)15(19)20-7-11(17)21-12-8-5-9-10(6-8)14(18)22-13(9)12;1-4-15(2,3)14(18)19-6-9(16)21-11-8-5-7-10(20-8)12(11)22-13(7)17;1-4-15(2,3)14(18)19-8-12(16)20-10-6-5-9-7-11(10)21-13(9)17;1-5-13(2,3)12(17)19-9-11(16)20-14(4)6-7-18-10(15)8-14/h8-9,11-14H,5-7H2,1-4H3;8-10,12-13H,4-7H2,1-3H3;7-8,10-12H,4-6H2,1-3H3;9-11H,4-8H2,1-3H3;5-9H2,1-4H3. The van der Waals surface area contributed by atoms with Crippen molar-refractivity contribution in [2.75, 3.05) is 46.8 Å². The van der Waals surface area contributed by atoms with Gasteiger partial charge in [-0.1, -0.05) is 34.6 Å². The molecule has 12 aliphatic rings. The second-order valence-electron chi connectivity index (χ2n) is 33.8. The Kier molecular flexibility index (Phi) is 28.3. The Morgan fingerprint density at radius 1 is 0.432 bits per heavy atom. The number of hydrogen-bond acceptors (Lipinski definition) is 33. The van der Waals surface area contributed by atoms with Crippen LogP contribution in [-0.4, -0.2) is 209 Å². The van der Waals surface area contributed by atoms with E-state index in [0.29, 0.717) is 70.6 Å². The first-order valence-electron chi connectivity index (χ1n) is 38.5. The molecule has 5 aliphatic carbocycles. The van der Waals surface area contributed by atoms with E-state index in [4.69, 9.17) is 80.5 Å². The van der Waals surface area contributed by atoms with E-state index in [2.05, 4.69) is 0 Å². The lowest BCUT2D eigenvalue weighted by molar-refractivity contribution is -0.182. The number of rotatable bonds is 26. The van der Waals surface area contributed by atoms with Crippen LogP contribution >= 0.6 is 0 Å². The Morgan fingerprint density at radius 3 is 1.36 bits per heavy atom. The highest BCUT2D eigenvalue weighted by atomic mass is 16.7. The van der Waals surface area contributed by atoms with Crippen LogP contribution in [0.1, 0.15) is 201 Å². The summed E-state index contributed by atoms with van der Waals surface area (Å²) >= 11 is 0. The molecule has 0 aromatic rings. The van der Waals surface area contributed by atoms with Crippen molar-refractivity contribution in [2.45, 2.75) is 267 Å². The van der Waals surface area contributed by atoms with Crippen molar-refractivity contribution in [3.63, 3.8) is 0 Å². The molecule has 8 bridgehead atoms. The predicted octanol–water partition coefficient (Wildman–Crippen LogP) is 6.12. The lowest BCUT2D eigenvalue weighted by Crippen LogP contribution is -2.44. The summed E-state index contributed by atoms with van der Waals surface area (Å²) in [5.74, 6) is -8.88. The summed E-state index contributed by atoms with van der Waals surface area (Å²) in [6, 6.07) is 0. The molecule has 7 heterocycles. The molecule has 12 rings (SSSR count). The minimum Gasteiger partial charge on any atom is -0.469 e. The van der Waals surface area contributed by atoms with Gasteiger partial charge in [-0.25, -0.2) is 24.0 Å². The van der Waals surface area contributed by atoms with E-state index < -0.39 is 179 Å². The molecule has 7 saturated heterocycles. The molecule has 0 radical (unpaired) electrons. The van der Waals surface area contributed by atoms with Gasteiger partial charge in [0.1, 0.15) is 48.3 Å².